The smallest absolute Gasteiger partial charge is 0.181 e. The monoisotopic (exact) mass is 237 g/mol. The maximum Gasteiger partial charge on any atom is 0.181 e. The average Bonchev–Trinajstić information content (AvgIpc) is 2.71. The van der Waals surface area contributed by atoms with Crippen LogP contribution in [0.1, 0.15) is 5.82 Å². The van der Waals surface area contributed by atoms with Crippen molar-refractivity contribution in [2.45, 2.75) is 6.42 Å². The highest BCUT2D eigenvalue weighted by atomic mass is 19.2. The molecule has 1 aromatic heterocycles. The molecule has 0 aliphatic heterocycles. The SMILES string of the molecule is Cn1ccnc1CCNc1cccc(F)c1F. The summed E-state index contributed by atoms with van der Waals surface area (Å²) in [4.78, 5) is 4.14. The molecule has 1 heterocycles. The number of rotatable bonds is 4. The molecule has 2 rings (SSSR count). The summed E-state index contributed by atoms with van der Waals surface area (Å²) in [6.07, 6.45) is 4.20. The fourth-order valence-corrected chi connectivity index (χ4v) is 1.59. The molecule has 2 aromatic rings. The van der Waals surface area contributed by atoms with Gasteiger partial charge in [0.25, 0.3) is 0 Å². The molecule has 17 heavy (non-hydrogen) atoms. The van der Waals surface area contributed by atoms with Gasteiger partial charge in [0.15, 0.2) is 11.6 Å². The lowest BCUT2D eigenvalue weighted by molar-refractivity contribution is 0.511. The second-order valence-corrected chi connectivity index (χ2v) is 3.73. The molecular formula is C12H13F2N3. The minimum absolute atomic E-state index is 0.180. The molecule has 0 aliphatic rings. The third-order valence-corrected chi connectivity index (χ3v) is 2.54. The number of anilines is 1. The standard InChI is InChI=1S/C12H13F2N3/c1-17-8-7-16-11(17)5-6-15-10-4-2-3-9(13)12(10)14/h2-4,7-8,15H,5-6H2,1H3. The van der Waals surface area contributed by atoms with E-state index in [1.54, 1.807) is 6.20 Å². The minimum Gasteiger partial charge on any atom is -0.382 e. The minimum atomic E-state index is -0.841. The van der Waals surface area contributed by atoms with Crippen LogP contribution in [0.3, 0.4) is 0 Å². The Kier molecular flexibility index (Phi) is 3.37. The molecule has 5 heteroatoms. The van der Waals surface area contributed by atoms with Gasteiger partial charge in [-0.1, -0.05) is 6.07 Å². The predicted molar refractivity (Wildman–Crippen MR) is 61.8 cm³/mol. The van der Waals surface area contributed by atoms with Gasteiger partial charge in [-0.25, -0.2) is 13.8 Å². The summed E-state index contributed by atoms with van der Waals surface area (Å²) < 4.78 is 28.1. The van der Waals surface area contributed by atoms with Gasteiger partial charge >= 0.3 is 0 Å². The van der Waals surface area contributed by atoms with E-state index >= 15 is 0 Å². The molecule has 0 amide bonds. The van der Waals surface area contributed by atoms with Crippen LogP contribution < -0.4 is 5.32 Å². The Morgan fingerprint density at radius 3 is 2.88 bits per heavy atom. The van der Waals surface area contributed by atoms with Gasteiger partial charge in [-0.2, -0.15) is 0 Å². The van der Waals surface area contributed by atoms with Crippen LogP contribution in [0.5, 0.6) is 0 Å². The third kappa shape index (κ3) is 2.61. The first kappa shape index (κ1) is 11.6. The van der Waals surface area contributed by atoms with Gasteiger partial charge in [0.2, 0.25) is 0 Å². The van der Waals surface area contributed by atoms with Gasteiger partial charge in [-0.05, 0) is 12.1 Å². The zero-order valence-corrected chi connectivity index (χ0v) is 9.45. The lowest BCUT2D eigenvalue weighted by atomic mass is 10.3. The second-order valence-electron chi connectivity index (χ2n) is 3.73. The first-order chi connectivity index (χ1) is 8.18. The van der Waals surface area contributed by atoms with E-state index in [0.29, 0.717) is 13.0 Å². The number of benzene rings is 1. The summed E-state index contributed by atoms with van der Waals surface area (Å²) in [6.45, 7) is 0.505. The van der Waals surface area contributed by atoms with E-state index in [2.05, 4.69) is 10.3 Å². The number of aryl methyl sites for hydroxylation is 1. The molecule has 0 radical (unpaired) electrons. The molecule has 0 fully saturated rings. The Morgan fingerprint density at radius 1 is 1.35 bits per heavy atom. The average molecular weight is 237 g/mol. The van der Waals surface area contributed by atoms with E-state index in [4.69, 9.17) is 0 Å². The van der Waals surface area contributed by atoms with Gasteiger partial charge < -0.3 is 9.88 Å². The molecule has 1 N–H and O–H groups in total. The molecule has 0 spiro atoms. The Balaban J connectivity index is 1.95. The van der Waals surface area contributed by atoms with Gasteiger partial charge in [0, 0.05) is 32.4 Å². The van der Waals surface area contributed by atoms with Gasteiger partial charge in [0.1, 0.15) is 5.82 Å². The number of aromatic nitrogens is 2. The fraction of sp³-hybridized carbons (Fsp3) is 0.250. The highest BCUT2D eigenvalue weighted by molar-refractivity contribution is 5.44. The van der Waals surface area contributed by atoms with E-state index in [9.17, 15) is 8.78 Å². The van der Waals surface area contributed by atoms with Crippen molar-refractivity contribution in [3.63, 3.8) is 0 Å². The predicted octanol–water partition coefficient (Wildman–Crippen LogP) is 2.35. The maximum absolute atomic E-state index is 13.3. The van der Waals surface area contributed by atoms with Crippen molar-refractivity contribution in [3.05, 3.63) is 48.1 Å². The van der Waals surface area contributed by atoms with E-state index in [0.717, 1.165) is 11.9 Å². The van der Waals surface area contributed by atoms with Crippen molar-refractivity contribution in [2.24, 2.45) is 7.05 Å². The van der Waals surface area contributed by atoms with Crippen LogP contribution in [0.2, 0.25) is 0 Å². The normalized spacial score (nSPS) is 10.5. The van der Waals surface area contributed by atoms with Crippen LogP contribution in [-0.4, -0.2) is 16.1 Å². The third-order valence-electron chi connectivity index (χ3n) is 2.54. The highest BCUT2D eigenvalue weighted by Gasteiger charge is 2.07. The van der Waals surface area contributed by atoms with Crippen LogP contribution in [0.25, 0.3) is 0 Å². The zero-order valence-electron chi connectivity index (χ0n) is 9.45. The van der Waals surface area contributed by atoms with Crippen molar-refractivity contribution in [3.8, 4) is 0 Å². The van der Waals surface area contributed by atoms with Gasteiger partial charge in [0.05, 0.1) is 5.69 Å². The number of imidazole rings is 1. The van der Waals surface area contributed by atoms with Crippen LogP contribution in [0.15, 0.2) is 30.6 Å². The topological polar surface area (TPSA) is 29.9 Å². The first-order valence-corrected chi connectivity index (χ1v) is 5.32. The van der Waals surface area contributed by atoms with E-state index in [-0.39, 0.29) is 5.69 Å². The Bertz CT molecular complexity index is 508. The summed E-state index contributed by atoms with van der Waals surface area (Å²) >= 11 is 0. The molecule has 3 nitrogen and oxygen atoms in total. The summed E-state index contributed by atoms with van der Waals surface area (Å²) in [5.41, 5.74) is 0.180. The highest BCUT2D eigenvalue weighted by Crippen LogP contribution is 2.16. The molecular weight excluding hydrogens is 224 g/mol. The number of nitrogens with zero attached hydrogens (tertiary/aromatic N) is 2. The summed E-state index contributed by atoms with van der Waals surface area (Å²) in [6, 6.07) is 4.08. The van der Waals surface area contributed by atoms with Crippen molar-refractivity contribution >= 4 is 5.69 Å². The Labute approximate surface area is 98.1 Å². The summed E-state index contributed by atoms with van der Waals surface area (Å²) in [7, 11) is 1.89. The lowest BCUT2D eigenvalue weighted by Gasteiger charge is -2.07. The fourth-order valence-electron chi connectivity index (χ4n) is 1.59. The zero-order chi connectivity index (χ0) is 12.3. The quantitative estimate of drug-likeness (QED) is 0.884. The van der Waals surface area contributed by atoms with Crippen LogP contribution in [0, 0.1) is 11.6 Å². The molecule has 0 aliphatic carbocycles. The lowest BCUT2D eigenvalue weighted by Crippen LogP contribution is -2.10. The largest absolute Gasteiger partial charge is 0.382 e. The molecule has 0 saturated heterocycles. The summed E-state index contributed by atoms with van der Waals surface area (Å²) in [5.74, 6) is -0.784. The van der Waals surface area contributed by atoms with Gasteiger partial charge in [-0.15, -0.1) is 0 Å². The molecule has 1 aromatic carbocycles. The first-order valence-electron chi connectivity index (χ1n) is 5.32. The van der Waals surface area contributed by atoms with Crippen molar-refractivity contribution < 1.29 is 8.78 Å². The van der Waals surface area contributed by atoms with E-state index < -0.39 is 11.6 Å². The van der Waals surface area contributed by atoms with Crippen LogP contribution >= 0.6 is 0 Å². The van der Waals surface area contributed by atoms with Gasteiger partial charge in [-0.3, -0.25) is 0 Å². The van der Waals surface area contributed by atoms with Crippen molar-refractivity contribution in [1.29, 1.82) is 0 Å². The Morgan fingerprint density at radius 2 is 2.18 bits per heavy atom. The van der Waals surface area contributed by atoms with Crippen LogP contribution in [-0.2, 0) is 13.5 Å². The molecule has 90 valence electrons. The Hall–Kier alpha value is -1.91. The maximum atomic E-state index is 13.3. The second kappa shape index (κ2) is 4.95. The molecule has 0 atom stereocenters. The molecule has 0 saturated carbocycles. The van der Waals surface area contributed by atoms with E-state index in [1.807, 2.05) is 17.8 Å². The van der Waals surface area contributed by atoms with Crippen LogP contribution in [0.4, 0.5) is 14.5 Å². The number of hydrogen-bond acceptors (Lipinski definition) is 2. The molecule has 0 bridgehead atoms. The van der Waals surface area contributed by atoms with Crippen molar-refractivity contribution in [2.75, 3.05) is 11.9 Å². The summed E-state index contributed by atoms with van der Waals surface area (Å²) in [5, 5.41) is 2.85. The number of nitrogens with one attached hydrogen (secondary N) is 1. The van der Waals surface area contributed by atoms with Crippen molar-refractivity contribution in [1.82, 2.24) is 9.55 Å². The van der Waals surface area contributed by atoms with E-state index in [1.165, 1.54) is 12.1 Å². The number of hydrogen-bond donors (Lipinski definition) is 1. The molecule has 0 unspecified atom stereocenters. The number of halogens is 2.